The van der Waals surface area contributed by atoms with E-state index in [0.717, 1.165) is 11.4 Å². The van der Waals surface area contributed by atoms with Crippen molar-refractivity contribution in [1.82, 2.24) is 0 Å². The number of nitriles is 1. The van der Waals surface area contributed by atoms with Gasteiger partial charge in [0.1, 0.15) is 0 Å². The monoisotopic (exact) mass is 377 g/mol. The number of allylic oxidation sites excluding steroid dienone is 1. The molecule has 0 saturated heterocycles. The fourth-order valence-corrected chi connectivity index (χ4v) is 6.46. The molecule has 3 nitrogen and oxygen atoms in total. The van der Waals surface area contributed by atoms with Gasteiger partial charge >= 0.3 is 0 Å². The number of rotatable bonds is 5. The van der Waals surface area contributed by atoms with Crippen LogP contribution in [0.15, 0.2) is 36.5 Å². The third kappa shape index (κ3) is 4.87. The molecule has 1 rings (SSSR count). The zero-order valence-electron chi connectivity index (χ0n) is 16.8. The zero-order chi connectivity index (χ0) is 19.5. The second kappa shape index (κ2) is 7.94. The topological polar surface area (TPSA) is 39.1 Å². The van der Waals surface area contributed by atoms with Crippen LogP contribution < -0.4 is 9.99 Å². The SMILES string of the molecule is CC(C)N(/C=C/C#N)c1ccccc1NP(=S)(C(C)(C)C)C(C)(C)C. The van der Waals surface area contributed by atoms with Gasteiger partial charge in [-0.05, 0) is 26.0 Å². The Labute approximate surface area is 159 Å². The minimum absolute atomic E-state index is 0.0150. The second-order valence-corrected chi connectivity index (χ2v) is 14.3. The van der Waals surface area contributed by atoms with E-state index < -0.39 is 6.19 Å². The maximum Gasteiger partial charge on any atom is 0.0927 e. The summed E-state index contributed by atoms with van der Waals surface area (Å²) in [5, 5.41) is 12.7. The van der Waals surface area contributed by atoms with Gasteiger partial charge in [-0.3, -0.25) is 0 Å². The fraction of sp³-hybridized carbons (Fsp3) is 0.550. The van der Waals surface area contributed by atoms with Crippen LogP contribution >= 0.6 is 6.19 Å². The van der Waals surface area contributed by atoms with Crippen LogP contribution in [0.25, 0.3) is 0 Å². The molecule has 5 heteroatoms. The molecular formula is C20H32N3PS. The van der Waals surface area contributed by atoms with Gasteiger partial charge in [-0.1, -0.05) is 65.5 Å². The van der Waals surface area contributed by atoms with E-state index in [2.05, 4.69) is 83.6 Å². The van der Waals surface area contributed by atoms with E-state index in [1.54, 1.807) is 0 Å². The molecule has 1 aromatic carbocycles. The average molecular weight is 378 g/mol. The highest BCUT2D eigenvalue weighted by atomic mass is 32.4. The van der Waals surface area contributed by atoms with Crippen LogP contribution in [0.3, 0.4) is 0 Å². The molecule has 1 aromatic rings. The Bertz CT molecular complexity index is 685. The van der Waals surface area contributed by atoms with E-state index in [-0.39, 0.29) is 16.4 Å². The number of benzene rings is 1. The van der Waals surface area contributed by atoms with Crippen LogP contribution in [0.4, 0.5) is 11.4 Å². The average Bonchev–Trinajstić information content (AvgIpc) is 2.46. The molecule has 0 aliphatic carbocycles. The number of hydrogen-bond acceptors (Lipinski definition) is 3. The molecule has 25 heavy (non-hydrogen) atoms. The summed E-state index contributed by atoms with van der Waals surface area (Å²) in [6.45, 7) is 17.6. The molecule has 0 aromatic heterocycles. The summed E-state index contributed by atoms with van der Waals surface area (Å²) in [4.78, 5) is 2.11. The standard InChI is InChI=1S/C20H32N3PS/c1-16(2)23(15-11-14-21)18-13-10-9-12-17(18)22-24(25,19(3,4)5)20(6,7)8/h9-13,15-16H,1-8H3,(H,22,25)/b15-11+. The summed E-state index contributed by atoms with van der Waals surface area (Å²) >= 11 is 6.27. The van der Waals surface area contributed by atoms with Crippen molar-refractivity contribution in [3.63, 3.8) is 0 Å². The molecular weight excluding hydrogens is 345 g/mol. The van der Waals surface area contributed by atoms with Crippen molar-refractivity contribution in [1.29, 1.82) is 5.26 Å². The van der Waals surface area contributed by atoms with Gasteiger partial charge in [-0.15, -0.1) is 0 Å². The summed E-state index contributed by atoms with van der Waals surface area (Å²) in [6.07, 6.45) is 1.39. The lowest BCUT2D eigenvalue weighted by Gasteiger charge is -2.46. The van der Waals surface area contributed by atoms with E-state index in [1.165, 1.54) is 6.08 Å². The van der Waals surface area contributed by atoms with Crippen molar-refractivity contribution in [2.24, 2.45) is 0 Å². The van der Waals surface area contributed by atoms with E-state index in [9.17, 15) is 0 Å². The fourth-order valence-electron chi connectivity index (χ4n) is 2.95. The lowest BCUT2D eigenvalue weighted by molar-refractivity contribution is 0.707. The molecule has 0 aliphatic rings. The van der Waals surface area contributed by atoms with Gasteiger partial charge in [0.2, 0.25) is 0 Å². The van der Waals surface area contributed by atoms with Crippen molar-refractivity contribution < 1.29 is 0 Å². The quantitative estimate of drug-likeness (QED) is 0.480. The largest absolute Gasteiger partial charge is 0.355 e. The molecule has 138 valence electrons. The van der Waals surface area contributed by atoms with E-state index in [0.29, 0.717) is 0 Å². The van der Waals surface area contributed by atoms with Crippen molar-refractivity contribution in [2.45, 2.75) is 71.7 Å². The first-order chi connectivity index (χ1) is 11.3. The molecule has 0 spiro atoms. The maximum atomic E-state index is 8.92. The maximum absolute atomic E-state index is 8.92. The van der Waals surface area contributed by atoms with Crippen molar-refractivity contribution >= 4 is 29.4 Å². The van der Waals surface area contributed by atoms with Crippen LogP contribution in [0, 0.1) is 11.3 Å². The Kier molecular flexibility index (Phi) is 6.90. The number of nitrogens with zero attached hydrogens (tertiary/aromatic N) is 2. The molecule has 0 fully saturated rings. The number of hydrogen-bond donors (Lipinski definition) is 1. The number of para-hydroxylation sites is 2. The lowest BCUT2D eigenvalue weighted by Crippen LogP contribution is -2.33. The first-order valence-corrected chi connectivity index (χ1v) is 11.5. The van der Waals surface area contributed by atoms with Crippen molar-refractivity contribution in [3.8, 4) is 6.07 Å². The summed E-state index contributed by atoms with van der Waals surface area (Å²) in [7, 11) is 0. The van der Waals surface area contributed by atoms with Crippen LogP contribution in [-0.2, 0) is 11.8 Å². The Morgan fingerprint density at radius 3 is 2.08 bits per heavy atom. The third-order valence-corrected chi connectivity index (χ3v) is 12.1. The van der Waals surface area contributed by atoms with E-state index in [4.69, 9.17) is 17.1 Å². The predicted molar refractivity (Wildman–Crippen MR) is 116 cm³/mol. The Morgan fingerprint density at radius 1 is 1.12 bits per heavy atom. The van der Waals surface area contributed by atoms with Gasteiger partial charge in [0.15, 0.2) is 0 Å². The molecule has 0 atom stereocenters. The highest BCUT2D eigenvalue weighted by Crippen LogP contribution is 2.66. The summed E-state index contributed by atoms with van der Waals surface area (Å²) in [5.74, 6) is 0. The van der Waals surface area contributed by atoms with Crippen LogP contribution in [-0.4, -0.2) is 16.4 Å². The highest BCUT2D eigenvalue weighted by Gasteiger charge is 2.42. The molecule has 0 bridgehead atoms. The minimum atomic E-state index is -1.96. The van der Waals surface area contributed by atoms with E-state index in [1.807, 2.05) is 18.3 Å². The molecule has 0 radical (unpaired) electrons. The minimum Gasteiger partial charge on any atom is -0.355 e. The molecule has 1 N–H and O–H groups in total. The third-order valence-electron chi connectivity index (χ3n) is 4.22. The van der Waals surface area contributed by atoms with Gasteiger partial charge in [0.25, 0.3) is 0 Å². The first kappa shape index (κ1) is 21.7. The molecule has 0 heterocycles. The number of nitrogens with one attached hydrogen (secondary N) is 1. The predicted octanol–water partition coefficient (Wildman–Crippen LogP) is 6.34. The smallest absolute Gasteiger partial charge is 0.0927 e. The number of anilines is 2. The molecule has 0 amide bonds. The molecule has 0 saturated carbocycles. The Balaban J connectivity index is 3.48. The summed E-state index contributed by atoms with van der Waals surface area (Å²) < 4.78 is 0. The van der Waals surface area contributed by atoms with Gasteiger partial charge in [0.05, 0.1) is 17.4 Å². The summed E-state index contributed by atoms with van der Waals surface area (Å²) in [5.41, 5.74) is 2.08. The van der Waals surface area contributed by atoms with Gasteiger partial charge < -0.3 is 9.99 Å². The zero-order valence-corrected chi connectivity index (χ0v) is 18.5. The van der Waals surface area contributed by atoms with Crippen molar-refractivity contribution in [3.05, 3.63) is 36.5 Å². The van der Waals surface area contributed by atoms with E-state index >= 15 is 0 Å². The summed E-state index contributed by atoms with van der Waals surface area (Å²) in [6, 6.07) is 10.5. The van der Waals surface area contributed by atoms with Crippen molar-refractivity contribution in [2.75, 3.05) is 9.99 Å². The van der Waals surface area contributed by atoms with Crippen LogP contribution in [0.1, 0.15) is 55.4 Å². The van der Waals surface area contributed by atoms with Gasteiger partial charge in [-0.25, -0.2) is 0 Å². The van der Waals surface area contributed by atoms with Gasteiger partial charge in [0, 0.05) is 34.8 Å². The Morgan fingerprint density at radius 2 is 1.64 bits per heavy atom. The molecule has 0 unspecified atom stereocenters. The normalized spacial score (nSPS) is 13.1. The highest BCUT2D eigenvalue weighted by molar-refractivity contribution is 8.16. The second-order valence-electron chi connectivity index (χ2n) is 8.53. The van der Waals surface area contributed by atoms with Crippen LogP contribution in [0.2, 0.25) is 0 Å². The van der Waals surface area contributed by atoms with Gasteiger partial charge in [-0.2, -0.15) is 5.26 Å². The lowest BCUT2D eigenvalue weighted by atomic mass is 10.2. The first-order valence-electron chi connectivity index (χ1n) is 8.67. The molecule has 0 aliphatic heterocycles. The van der Waals surface area contributed by atoms with Crippen LogP contribution in [0.5, 0.6) is 0 Å². The Hall–Kier alpha value is -1.30.